The Balaban J connectivity index is 2.48. The Bertz CT molecular complexity index is 661. The van der Waals surface area contributed by atoms with Crippen LogP contribution in [0.25, 0.3) is 0 Å². The molecule has 0 saturated heterocycles. The van der Waals surface area contributed by atoms with Crippen molar-refractivity contribution in [1.29, 1.82) is 0 Å². The van der Waals surface area contributed by atoms with Crippen LogP contribution in [0.2, 0.25) is 5.02 Å². The van der Waals surface area contributed by atoms with Crippen LogP contribution >= 0.6 is 11.6 Å². The summed E-state index contributed by atoms with van der Waals surface area (Å²) in [6.45, 7) is 1.87. The highest BCUT2D eigenvalue weighted by Crippen LogP contribution is 2.39. The van der Waals surface area contributed by atoms with Gasteiger partial charge in [0.15, 0.2) is 0 Å². The average Bonchev–Trinajstić information content (AvgIpc) is 2.42. The van der Waals surface area contributed by atoms with Crippen LogP contribution in [-0.2, 0) is 0 Å². The summed E-state index contributed by atoms with van der Waals surface area (Å²) in [7, 11) is 0. The van der Waals surface area contributed by atoms with Gasteiger partial charge in [0.05, 0.1) is 9.95 Å². The molecule has 104 valence electrons. The number of hydrazine groups is 1. The smallest absolute Gasteiger partial charge is 0.335 e. The van der Waals surface area contributed by atoms with Crippen molar-refractivity contribution in [3.8, 4) is 11.5 Å². The van der Waals surface area contributed by atoms with Gasteiger partial charge >= 0.3 is 5.69 Å². The lowest BCUT2D eigenvalue weighted by atomic mass is 10.2. The lowest BCUT2D eigenvalue weighted by Crippen LogP contribution is -2.09. The second kappa shape index (κ2) is 5.77. The van der Waals surface area contributed by atoms with E-state index in [0.717, 1.165) is 5.56 Å². The first-order valence-corrected chi connectivity index (χ1v) is 6.08. The number of nitrogens with two attached hydrogens (primary N) is 1. The molecule has 0 aromatic heterocycles. The molecule has 0 heterocycles. The van der Waals surface area contributed by atoms with Crippen molar-refractivity contribution in [2.45, 2.75) is 6.92 Å². The molecule has 2 aromatic rings. The summed E-state index contributed by atoms with van der Waals surface area (Å²) in [5.74, 6) is 5.69. The molecule has 0 bridgehead atoms. The summed E-state index contributed by atoms with van der Waals surface area (Å²) in [6.07, 6.45) is 0. The third kappa shape index (κ3) is 2.81. The second-order valence-electron chi connectivity index (χ2n) is 4.09. The first-order chi connectivity index (χ1) is 9.52. The summed E-state index contributed by atoms with van der Waals surface area (Å²) >= 11 is 6.02. The lowest BCUT2D eigenvalue weighted by Gasteiger charge is -2.10. The fraction of sp³-hybridized carbons (Fsp3) is 0.0769. The second-order valence-corrected chi connectivity index (χ2v) is 4.50. The van der Waals surface area contributed by atoms with Crippen LogP contribution in [0.5, 0.6) is 11.5 Å². The number of nitrogens with zero attached hydrogens (tertiary/aromatic N) is 1. The minimum atomic E-state index is -0.561. The number of halogens is 1. The predicted molar refractivity (Wildman–Crippen MR) is 77.2 cm³/mol. The van der Waals surface area contributed by atoms with Gasteiger partial charge in [-0.25, -0.2) is 0 Å². The zero-order valence-corrected chi connectivity index (χ0v) is 11.3. The van der Waals surface area contributed by atoms with Gasteiger partial charge < -0.3 is 10.2 Å². The van der Waals surface area contributed by atoms with Crippen LogP contribution in [0.4, 0.5) is 11.4 Å². The SMILES string of the molecule is Cc1ccc(Cl)c(Oc2cccc(NN)c2[N+](=O)[O-])c1. The highest BCUT2D eigenvalue weighted by molar-refractivity contribution is 6.32. The number of nitrogens with one attached hydrogen (secondary N) is 1. The molecule has 0 fully saturated rings. The quantitative estimate of drug-likeness (QED) is 0.510. The Hall–Kier alpha value is -2.31. The molecule has 0 saturated carbocycles. The van der Waals surface area contributed by atoms with Gasteiger partial charge in [0.1, 0.15) is 11.4 Å². The number of aryl methyl sites for hydroxylation is 1. The maximum atomic E-state index is 11.1. The number of para-hydroxylation sites is 1. The first-order valence-electron chi connectivity index (χ1n) is 5.71. The Kier molecular flexibility index (Phi) is 4.07. The van der Waals surface area contributed by atoms with E-state index in [1.165, 1.54) is 12.1 Å². The third-order valence-electron chi connectivity index (χ3n) is 2.64. The standard InChI is InChI=1S/C13H12ClN3O3/c1-8-5-6-9(14)12(7-8)20-11-4-2-3-10(16-15)13(11)17(18)19/h2-7,16H,15H2,1H3. The van der Waals surface area contributed by atoms with Crippen molar-refractivity contribution in [1.82, 2.24) is 0 Å². The van der Waals surface area contributed by atoms with Gasteiger partial charge in [0.2, 0.25) is 5.75 Å². The molecule has 0 aliphatic carbocycles. The summed E-state index contributed by atoms with van der Waals surface area (Å²) in [5.41, 5.74) is 3.13. The van der Waals surface area contributed by atoms with Crippen LogP contribution in [0.3, 0.4) is 0 Å². The van der Waals surface area contributed by atoms with Crippen LogP contribution in [-0.4, -0.2) is 4.92 Å². The van der Waals surface area contributed by atoms with Gasteiger partial charge in [0.25, 0.3) is 0 Å². The predicted octanol–water partition coefficient (Wildman–Crippen LogP) is 3.63. The van der Waals surface area contributed by atoms with E-state index >= 15 is 0 Å². The van der Waals surface area contributed by atoms with Crippen molar-refractivity contribution >= 4 is 23.0 Å². The van der Waals surface area contributed by atoms with E-state index in [1.54, 1.807) is 18.2 Å². The average molecular weight is 294 g/mol. The molecular formula is C13H12ClN3O3. The minimum Gasteiger partial charge on any atom is -0.448 e. The maximum absolute atomic E-state index is 11.1. The zero-order chi connectivity index (χ0) is 14.7. The zero-order valence-electron chi connectivity index (χ0n) is 10.6. The van der Waals surface area contributed by atoms with Gasteiger partial charge in [-0.3, -0.25) is 16.0 Å². The topological polar surface area (TPSA) is 90.4 Å². The van der Waals surface area contributed by atoms with Gasteiger partial charge in [0, 0.05) is 0 Å². The molecule has 0 radical (unpaired) electrons. The van der Waals surface area contributed by atoms with Crippen LogP contribution in [0.1, 0.15) is 5.56 Å². The number of rotatable bonds is 4. The Morgan fingerprint density at radius 1 is 1.30 bits per heavy atom. The van der Waals surface area contributed by atoms with Crippen molar-refractivity contribution in [2.24, 2.45) is 5.84 Å². The Labute approximate surface area is 120 Å². The van der Waals surface area contributed by atoms with Crippen molar-refractivity contribution < 1.29 is 9.66 Å². The molecule has 2 rings (SSSR count). The maximum Gasteiger partial charge on any atom is 0.335 e. The number of ether oxygens (including phenoxy) is 1. The van der Waals surface area contributed by atoms with E-state index in [4.69, 9.17) is 22.2 Å². The van der Waals surface area contributed by atoms with Crippen LogP contribution in [0, 0.1) is 17.0 Å². The molecule has 7 heteroatoms. The number of hydrogen-bond acceptors (Lipinski definition) is 5. The number of hydrogen-bond donors (Lipinski definition) is 2. The minimum absolute atomic E-state index is 0.0675. The normalized spacial score (nSPS) is 10.2. The molecular weight excluding hydrogens is 282 g/mol. The van der Waals surface area contributed by atoms with Gasteiger partial charge in [-0.15, -0.1) is 0 Å². The lowest BCUT2D eigenvalue weighted by molar-refractivity contribution is -0.384. The molecule has 0 atom stereocenters. The molecule has 0 unspecified atom stereocenters. The Morgan fingerprint density at radius 3 is 2.70 bits per heavy atom. The number of nitro groups is 1. The number of benzene rings is 2. The molecule has 3 N–H and O–H groups in total. The van der Waals surface area contributed by atoms with Crippen LogP contribution < -0.4 is 16.0 Å². The summed E-state index contributed by atoms with van der Waals surface area (Å²) in [4.78, 5) is 10.6. The number of nitro benzene ring substituents is 1. The number of anilines is 1. The van der Waals surface area contributed by atoms with Crippen LogP contribution in [0.15, 0.2) is 36.4 Å². The summed E-state index contributed by atoms with van der Waals surface area (Å²) in [5, 5.41) is 11.5. The fourth-order valence-corrected chi connectivity index (χ4v) is 1.87. The molecule has 0 spiro atoms. The Morgan fingerprint density at radius 2 is 2.05 bits per heavy atom. The molecule has 6 nitrogen and oxygen atoms in total. The largest absolute Gasteiger partial charge is 0.448 e. The van der Waals surface area contributed by atoms with Crippen molar-refractivity contribution in [2.75, 3.05) is 5.43 Å². The monoisotopic (exact) mass is 293 g/mol. The van der Waals surface area contributed by atoms with E-state index in [2.05, 4.69) is 5.43 Å². The molecule has 20 heavy (non-hydrogen) atoms. The molecule has 0 aliphatic rings. The van der Waals surface area contributed by atoms with E-state index in [9.17, 15) is 10.1 Å². The van der Waals surface area contributed by atoms with Crippen molar-refractivity contribution in [3.05, 3.63) is 57.1 Å². The van der Waals surface area contributed by atoms with Crippen molar-refractivity contribution in [3.63, 3.8) is 0 Å². The fourth-order valence-electron chi connectivity index (χ4n) is 1.72. The number of nitrogen functional groups attached to an aromatic ring is 1. The van der Waals surface area contributed by atoms with E-state index in [1.807, 2.05) is 13.0 Å². The third-order valence-corrected chi connectivity index (χ3v) is 2.96. The molecule has 0 aliphatic heterocycles. The first kappa shape index (κ1) is 14.1. The van der Waals surface area contributed by atoms with Gasteiger partial charge in [-0.1, -0.05) is 23.7 Å². The molecule has 0 amide bonds. The van der Waals surface area contributed by atoms with Gasteiger partial charge in [-0.2, -0.15) is 0 Å². The molecule has 2 aromatic carbocycles. The van der Waals surface area contributed by atoms with E-state index < -0.39 is 4.92 Å². The van der Waals surface area contributed by atoms with E-state index in [-0.39, 0.29) is 17.1 Å². The van der Waals surface area contributed by atoms with Gasteiger partial charge in [-0.05, 0) is 36.8 Å². The van der Waals surface area contributed by atoms with E-state index in [0.29, 0.717) is 10.8 Å². The highest BCUT2D eigenvalue weighted by atomic mass is 35.5. The summed E-state index contributed by atoms with van der Waals surface area (Å²) < 4.78 is 5.56. The summed E-state index contributed by atoms with van der Waals surface area (Å²) in [6, 6.07) is 9.76. The highest BCUT2D eigenvalue weighted by Gasteiger charge is 2.21.